The zero-order chi connectivity index (χ0) is 13.1. The van der Waals surface area contributed by atoms with Gasteiger partial charge in [-0.3, -0.25) is 0 Å². The number of rotatable bonds is 3. The monoisotopic (exact) mass is 245 g/mol. The topological polar surface area (TPSA) is 70.1 Å². The summed E-state index contributed by atoms with van der Waals surface area (Å²) in [5, 5.41) is 0. The number of aromatic nitrogens is 2. The van der Waals surface area contributed by atoms with Crippen LogP contribution in [0.2, 0.25) is 0 Å². The Kier molecular flexibility index (Phi) is 3.32. The Morgan fingerprint density at radius 1 is 1.39 bits per heavy atom. The number of hydrogen-bond acceptors (Lipinski definition) is 3. The van der Waals surface area contributed by atoms with E-state index < -0.39 is 6.09 Å². The second-order valence-corrected chi connectivity index (χ2v) is 4.02. The van der Waals surface area contributed by atoms with Crippen LogP contribution in [0, 0.1) is 6.92 Å². The minimum atomic E-state index is -0.767. The Balaban J connectivity index is 2.20. The third-order valence-electron chi connectivity index (χ3n) is 2.76. The fourth-order valence-electron chi connectivity index (χ4n) is 1.80. The maximum absolute atomic E-state index is 10.7. The first-order valence-electron chi connectivity index (χ1n) is 5.64. The molecule has 94 valence electrons. The first-order valence-corrected chi connectivity index (χ1v) is 5.64. The third-order valence-corrected chi connectivity index (χ3v) is 2.76. The highest BCUT2D eigenvalue weighted by Crippen LogP contribution is 2.19. The molecule has 0 saturated carbocycles. The summed E-state index contributed by atoms with van der Waals surface area (Å²) in [5.41, 5.74) is 6.90. The normalized spacial score (nSPS) is 12.1. The van der Waals surface area contributed by atoms with Crippen molar-refractivity contribution in [2.45, 2.75) is 20.0 Å². The molecule has 0 aliphatic carbocycles. The zero-order valence-electron chi connectivity index (χ0n) is 10.3. The highest BCUT2D eigenvalue weighted by Gasteiger charge is 2.09. The predicted molar refractivity (Wildman–Crippen MR) is 67.4 cm³/mol. The highest BCUT2D eigenvalue weighted by atomic mass is 16.6. The van der Waals surface area contributed by atoms with Crippen molar-refractivity contribution >= 4 is 6.09 Å². The van der Waals surface area contributed by atoms with E-state index >= 15 is 0 Å². The molecule has 0 spiro atoms. The van der Waals surface area contributed by atoms with Crippen LogP contribution in [0.5, 0.6) is 0 Å². The van der Waals surface area contributed by atoms with E-state index in [1.807, 2.05) is 42.0 Å². The van der Waals surface area contributed by atoms with Crippen LogP contribution in [0.1, 0.15) is 24.4 Å². The lowest BCUT2D eigenvalue weighted by Gasteiger charge is -2.12. The Morgan fingerprint density at radius 2 is 2.06 bits per heavy atom. The van der Waals surface area contributed by atoms with E-state index in [9.17, 15) is 4.79 Å². The van der Waals surface area contributed by atoms with Crippen LogP contribution in [0.4, 0.5) is 4.79 Å². The molecular formula is C13H15N3O2. The molecule has 0 bridgehead atoms. The van der Waals surface area contributed by atoms with E-state index in [0.717, 1.165) is 17.1 Å². The van der Waals surface area contributed by atoms with Crippen molar-refractivity contribution < 1.29 is 9.53 Å². The van der Waals surface area contributed by atoms with Gasteiger partial charge in [-0.1, -0.05) is 12.1 Å². The third kappa shape index (κ3) is 2.51. The molecule has 0 aliphatic heterocycles. The molecule has 5 nitrogen and oxygen atoms in total. The van der Waals surface area contributed by atoms with Gasteiger partial charge in [0.15, 0.2) is 0 Å². The number of aryl methyl sites for hydroxylation is 1. The van der Waals surface area contributed by atoms with Crippen molar-refractivity contribution in [3.05, 3.63) is 48.0 Å². The van der Waals surface area contributed by atoms with Crippen LogP contribution in [-0.2, 0) is 4.74 Å². The average Bonchev–Trinajstić information content (AvgIpc) is 2.75. The average molecular weight is 245 g/mol. The molecule has 1 amide bonds. The minimum absolute atomic E-state index is 0.347. The molecule has 0 unspecified atom stereocenters. The van der Waals surface area contributed by atoms with E-state index in [0.29, 0.717) is 0 Å². The smallest absolute Gasteiger partial charge is 0.405 e. The quantitative estimate of drug-likeness (QED) is 0.902. The number of carbonyl (C=O) groups is 1. The van der Waals surface area contributed by atoms with Gasteiger partial charge in [0, 0.05) is 18.1 Å². The van der Waals surface area contributed by atoms with Crippen LogP contribution in [0.3, 0.4) is 0 Å². The molecule has 0 fully saturated rings. The number of carbonyl (C=O) groups excluding carboxylic acids is 1. The van der Waals surface area contributed by atoms with Crippen LogP contribution >= 0.6 is 0 Å². The first kappa shape index (κ1) is 12.2. The maximum Gasteiger partial charge on any atom is 0.405 e. The summed E-state index contributed by atoms with van der Waals surface area (Å²) in [6, 6.07) is 7.71. The van der Waals surface area contributed by atoms with Crippen LogP contribution in [0.25, 0.3) is 5.69 Å². The van der Waals surface area contributed by atoms with Gasteiger partial charge in [-0.2, -0.15) is 0 Å². The Hall–Kier alpha value is -2.30. The summed E-state index contributed by atoms with van der Waals surface area (Å²) in [4.78, 5) is 14.8. The summed E-state index contributed by atoms with van der Waals surface area (Å²) in [5.74, 6) is 0.921. The van der Waals surface area contributed by atoms with Crippen molar-refractivity contribution in [1.29, 1.82) is 0 Å². The van der Waals surface area contributed by atoms with E-state index in [2.05, 4.69) is 4.98 Å². The lowest BCUT2D eigenvalue weighted by molar-refractivity contribution is 0.116. The molecule has 5 heteroatoms. The molecule has 1 atom stereocenters. The van der Waals surface area contributed by atoms with Gasteiger partial charge >= 0.3 is 6.09 Å². The number of imidazole rings is 1. The number of hydrogen-bond donors (Lipinski definition) is 1. The van der Waals surface area contributed by atoms with Crippen LogP contribution < -0.4 is 5.73 Å². The SMILES string of the molecule is Cc1nccn1-c1ccc([C@H](C)OC(N)=O)cc1. The summed E-state index contributed by atoms with van der Waals surface area (Å²) in [7, 11) is 0. The number of primary amides is 1. The van der Waals surface area contributed by atoms with Gasteiger partial charge in [-0.25, -0.2) is 9.78 Å². The summed E-state index contributed by atoms with van der Waals surface area (Å²) in [6.07, 6.45) is 2.54. The van der Waals surface area contributed by atoms with Gasteiger partial charge in [0.25, 0.3) is 0 Å². The van der Waals surface area contributed by atoms with E-state index in [4.69, 9.17) is 10.5 Å². The lowest BCUT2D eigenvalue weighted by Crippen LogP contribution is -2.15. The van der Waals surface area contributed by atoms with Gasteiger partial charge < -0.3 is 15.0 Å². The second kappa shape index (κ2) is 4.91. The molecular weight excluding hydrogens is 230 g/mol. The molecule has 2 N–H and O–H groups in total. The predicted octanol–water partition coefficient (Wildman–Crippen LogP) is 2.34. The molecule has 1 aromatic carbocycles. The molecule has 1 aromatic heterocycles. The Bertz CT molecular complexity index is 546. The largest absolute Gasteiger partial charge is 0.442 e. The minimum Gasteiger partial charge on any atom is -0.442 e. The van der Waals surface area contributed by atoms with Crippen molar-refractivity contribution in [3.8, 4) is 5.69 Å². The second-order valence-electron chi connectivity index (χ2n) is 4.02. The lowest BCUT2D eigenvalue weighted by atomic mass is 10.1. The number of nitrogens with zero attached hydrogens (tertiary/aromatic N) is 2. The molecule has 2 rings (SSSR count). The van der Waals surface area contributed by atoms with Gasteiger partial charge in [-0.05, 0) is 31.5 Å². The number of nitrogens with two attached hydrogens (primary N) is 1. The van der Waals surface area contributed by atoms with Crippen molar-refractivity contribution in [2.24, 2.45) is 5.73 Å². The van der Waals surface area contributed by atoms with Crippen LogP contribution in [-0.4, -0.2) is 15.6 Å². The molecule has 2 aromatic rings. The van der Waals surface area contributed by atoms with E-state index in [-0.39, 0.29) is 6.10 Å². The van der Waals surface area contributed by atoms with Crippen LogP contribution in [0.15, 0.2) is 36.7 Å². The summed E-state index contributed by atoms with van der Waals surface area (Å²) < 4.78 is 6.89. The zero-order valence-corrected chi connectivity index (χ0v) is 10.3. The Morgan fingerprint density at radius 3 is 2.56 bits per heavy atom. The number of amides is 1. The Labute approximate surface area is 105 Å². The summed E-state index contributed by atoms with van der Waals surface area (Å²) >= 11 is 0. The summed E-state index contributed by atoms with van der Waals surface area (Å²) in [6.45, 7) is 3.72. The van der Waals surface area contributed by atoms with Gasteiger partial charge in [0.1, 0.15) is 11.9 Å². The fourth-order valence-corrected chi connectivity index (χ4v) is 1.80. The van der Waals surface area contributed by atoms with Gasteiger partial charge in [0.2, 0.25) is 0 Å². The van der Waals surface area contributed by atoms with E-state index in [1.54, 1.807) is 13.1 Å². The molecule has 1 heterocycles. The fraction of sp³-hybridized carbons (Fsp3) is 0.231. The standard InChI is InChI=1S/C13H15N3O2/c1-9(18-13(14)17)11-3-5-12(6-4-11)16-8-7-15-10(16)2/h3-9H,1-2H3,(H2,14,17)/t9-/m0/s1. The first-order chi connectivity index (χ1) is 8.58. The van der Waals surface area contributed by atoms with Crippen molar-refractivity contribution in [3.63, 3.8) is 0 Å². The molecule has 18 heavy (non-hydrogen) atoms. The number of benzene rings is 1. The highest BCUT2D eigenvalue weighted by molar-refractivity contribution is 5.65. The molecule has 0 radical (unpaired) electrons. The van der Waals surface area contributed by atoms with E-state index in [1.165, 1.54) is 0 Å². The van der Waals surface area contributed by atoms with Crippen molar-refractivity contribution in [2.75, 3.05) is 0 Å². The van der Waals surface area contributed by atoms with Gasteiger partial charge in [-0.15, -0.1) is 0 Å². The number of ether oxygens (including phenoxy) is 1. The molecule has 0 saturated heterocycles. The van der Waals surface area contributed by atoms with Gasteiger partial charge in [0.05, 0.1) is 0 Å². The van der Waals surface area contributed by atoms with Crippen molar-refractivity contribution in [1.82, 2.24) is 9.55 Å². The molecule has 0 aliphatic rings. The maximum atomic E-state index is 10.7.